The molecule has 1 amide bonds. The van der Waals surface area contributed by atoms with Crippen LogP contribution in [0.25, 0.3) is 0 Å². The number of amides is 1. The Morgan fingerprint density at radius 3 is 2.61 bits per heavy atom. The first-order valence-corrected chi connectivity index (χ1v) is 8.72. The fourth-order valence-electron chi connectivity index (χ4n) is 2.80. The van der Waals surface area contributed by atoms with Gasteiger partial charge in [-0.25, -0.2) is 0 Å². The molecule has 2 N–H and O–H groups in total. The van der Waals surface area contributed by atoms with E-state index >= 15 is 0 Å². The third-order valence-corrected chi connectivity index (χ3v) is 4.07. The second-order valence-corrected chi connectivity index (χ2v) is 7.84. The molecule has 1 saturated heterocycles. The fraction of sp³-hybridized carbons (Fsp3) is 0.632. The van der Waals surface area contributed by atoms with E-state index < -0.39 is 0 Å². The van der Waals surface area contributed by atoms with Gasteiger partial charge in [-0.15, -0.1) is 0 Å². The molecule has 0 radical (unpaired) electrons. The highest BCUT2D eigenvalue weighted by Gasteiger charge is 2.15. The highest BCUT2D eigenvalue weighted by molar-refractivity contribution is 5.91. The van der Waals surface area contributed by atoms with Crippen molar-refractivity contribution in [3.63, 3.8) is 0 Å². The predicted molar refractivity (Wildman–Crippen MR) is 98.1 cm³/mol. The largest absolute Gasteiger partial charge is 0.371 e. The number of nitrogens with zero attached hydrogens (tertiary/aromatic N) is 1. The lowest BCUT2D eigenvalue weighted by Crippen LogP contribution is -2.36. The van der Waals surface area contributed by atoms with Crippen LogP contribution in [0.2, 0.25) is 0 Å². The Kier molecular flexibility index (Phi) is 6.05. The van der Waals surface area contributed by atoms with Crippen molar-refractivity contribution in [1.82, 2.24) is 5.32 Å². The van der Waals surface area contributed by atoms with E-state index in [1.54, 1.807) is 0 Å². The van der Waals surface area contributed by atoms with Crippen LogP contribution in [-0.4, -0.2) is 31.6 Å². The number of benzene rings is 1. The van der Waals surface area contributed by atoms with E-state index in [0.717, 1.165) is 25.3 Å². The Hall–Kier alpha value is -1.55. The Bertz CT molecular complexity index is 516. The summed E-state index contributed by atoms with van der Waals surface area (Å²) in [6.45, 7) is 11.8. The van der Waals surface area contributed by atoms with Gasteiger partial charge in [0.2, 0.25) is 5.91 Å². The summed E-state index contributed by atoms with van der Waals surface area (Å²) >= 11 is 0. The average molecular weight is 317 g/mol. The average Bonchev–Trinajstić information content (AvgIpc) is 2.99. The van der Waals surface area contributed by atoms with Gasteiger partial charge in [0.1, 0.15) is 0 Å². The monoisotopic (exact) mass is 317 g/mol. The Morgan fingerprint density at radius 2 is 1.96 bits per heavy atom. The topological polar surface area (TPSA) is 44.4 Å². The maximum atomic E-state index is 12.2. The molecular formula is C19H31N3O. The molecule has 0 aliphatic carbocycles. The molecule has 1 aliphatic rings. The van der Waals surface area contributed by atoms with E-state index in [-0.39, 0.29) is 17.4 Å². The molecule has 23 heavy (non-hydrogen) atoms. The van der Waals surface area contributed by atoms with E-state index in [1.165, 1.54) is 18.5 Å². The molecule has 0 aromatic heterocycles. The van der Waals surface area contributed by atoms with Gasteiger partial charge < -0.3 is 15.5 Å². The molecule has 4 heteroatoms. The minimum absolute atomic E-state index is 0.0671. The van der Waals surface area contributed by atoms with Gasteiger partial charge in [-0.1, -0.05) is 26.8 Å². The third kappa shape index (κ3) is 6.22. The minimum Gasteiger partial charge on any atom is -0.371 e. The van der Waals surface area contributed by atoms with Crippen molar-refractivity contribution in [3.8, 4) is 0 Å². The zero-order valence-corrected chi connectivity index (χ0v) is 15.0. The van der Waals surface area contributed by atoms with Gasteiger partial charge in [-0.05, 0) is 43.4 Å². The molecule has 1 unspecified atom stereocenters. The summed E-state index contributed by atoms with van der Waals surface area (Å²) in [5.74, 6) is 0.0671. The number of hydrogen-bond donors (Lipinski definition) is 2. The summed E-state index contributed by atoms with van der Waals surface area (Å²) in [5, 5.41) is 6.45. The van der Waals surface area contributed by atoms with Crippen molar-refractivity contribution in [2.75, 3.05) is 29.9 Å². The van der Waals surface area contributed by atoms with E-state index in [9.17, 15) is 4.79 Å². The Labute approximate surface area is 140 Å². The normalized spacial score (nSPS) is 16.4. The Balaban J connectivity index is 1.84. The predicted octanol–water partition coefficient (Wildman–Crippen LogP) is 3.64. The van der Waals surface area contributed by atoms with Crippen molar-refractivity contribution in [3.05, 3.63) is 24.3 Å². The van der Waals surface area contributed by atoms with Gasteiger partial charge in [0.15, 0.2) is 0 Å². The molecule has 128 valence electrons. The molecule has 1 heterocycles. The van der Waals surface area contributed by atoms with Crippen LogP contribution in [0.1, 0.15) is 47.0 Å². The van der Waals surface area contributed by atoms with E-state index in [2.05, 4.69) is 55.4 Å². The lowest BCUT2D eigenvalue weighted by molar-refractivity contribution is -0.116. The van der Waals surface area contributed by atoms with Crippen molar-refractivity contribution < 1.29 is 4.79 Å². The van der Waals surface area contributed by atoms with Crippen LogP contribution >= 0.6 is 0 Å². The molecule has 1 aliphatic heterocycles. The smallest absolute Gasteiger partial charge is 0.225 e. The van der Waals surface area contributed by atoms with E-state index in [1.807, 2.05) is 12.1 Å². The van der Waals surface area contributed by atoms with Gasteiger partial charge >= 0.3 is 0 Å². The molecule has 2 rings (SSSR count). The first-order chi connectivity index (χ1) is 10.8. The van der Waals surface area contributed by atoms with Crippen LogP contribution in [0.15, 0.2) is 24.3 Å². The van der Waals surface area contributed by atoms with E-state index in [0.29, 0.717) is 6.42 Å². The minimum atomic E-state index is 0.0671. The third-order valence-electron chi connectivity index (χ3n) is 4.07. The van der Waals surface area contributed by atoms with Gasteiger partial charge in [0, 0.05) is 43.5 Å². The van der Waals surface area contributed by atoms with Gasteiger partial charge in [-0.3, -0.25) is 4.79 Å². The van der Waals surface area contributed by atoms with Crippen molar-refractivity contribution in [1.29, 1.82) is 0 Å². The van der Waals surface area contributed by atoms with Gasteiger partial charge in [-0.2, -0.15) is 0 Å². The Morgan fingerprint density at radius 1 is 1.26 bits per heavy atom. The summed E-state index contributed by atoms with van der Waals surface area (Å²) in [5.41, 5.74) is 2.33. The first-order valence-electron chi connectivity index (χ1n) is 8.72. The maximum Gasteiger partial charge on any atom is 0.225 e. The van der Waals surface area contributed by atoms with Crippen LogP contribution in [0, 0.1) is 5.41 Å². The maximum absolute atomic E-state index is 12.2. The summed E-state index contributed by atoms with van der Waals surface area (Å²) in [4.78, 5) is 14.6. The molecule has 4 nitrogen and oxygen atoms in total. The molecule has 0 bridgehead atoms. The number of rotatable bonds is 6. The fourth-order valence-corrected chi connectivity index (χ4v) is 2.80. The van der Waals surface area contributed by atoms with Crippen LogP contribution in [0.5, 0.6) is 0 Å². The van der Waals surface area contributed by atoms with Gasteiger partial charge in [0.25, 0.3) is 0 Å². The summed E-state index contributed by atoms with van der Waals surface area (Å²) < 4.78 is 0. The lowest BCUT2D eigenvalue weighted by atomic mass is 9.96. The van der Waals surface area contributed by atoms with Crippen LogP contribution < -0.4 is 15.5 Å². The van der Waals surface area contributed by atoms with E-state index in [4.69, 9.17) is 0 Å². The summed E-state index contributed by atoms with van der Waals surface area (Å²) in [6.07, 6.45) is 3.01. The molecule has 1 atom stereocenters. The standard InChI is InChI=1S/C19H31N3O/c1-15(20-14-19(2,3)4)12-18(23)21-16-8-7-9-17(13-16)22-10-5-6-11-22/h7-9,13,15,20H,5-6,10-12,14H2,1-4H3,(H,21,23). The zero-order chi connectivity index (χ0) is 16.9. The summed E-state index contributed by atoms with van der Waals surface area (Å²) in [7, 11) is 0. The molecular weight excluding hydrogens is 286 g/mol. The quantitative estimate of drug-likeness (QED) is 0.842. The number of carbonyl (C=O) groups excluding carboxylic acids is 1. The lowest BCUT2D eigenvalue weighted by Gasteiger charge is -2.22. The number of anilines is 2. The SMILES string of the molecule is CC(CC(=O)Nc1cccc(N2CCCC2)c1)NCC(C)(C)C. The summed E-state index contributed by atoms with van der Waals surface area (Å²) in [6, 6.07) is 8.36. The number of nitrogens with one attached hydrogen (secondary N) is 2. The van der Waals surface area contributed by atoms with Crippen molar-refractivity contribution in [2.24, 2.45) is 5.41 Å². The van der Waals surface area contributed by atoms with Crippen molar-refractivity contribution in [2.45, 2.75) is 53.0 Å². The second-order valence-electron chi connectivity index (χ2n) is 7.84. The molecule has 1 aromatic carbocycles. The number of carbonyl (C=O) groups is 1. The van der Waals surface area contributed by atoms with Crippen LogP contribution in [0.4, 0.5) is 11.4 Å². The van der Waals surface area contributed by atoms with Gasteiger partial charge in [0.05, 0.1) is 0 Å². The number of hydrogen-bond acceptors (Lipinski definition) is 3. The first kappa shape index (κ1) is 17.8. The second kappa shape index (κ2) is 7.82. The zero-order valence-electron chi connectivity index (χ0n) is 15.0. The highest BCUT2D eigenvalue weighted by Crippen LogP contribution is 2.23. The molecule has 0 spiro atoms. The molecule has 1 fully saturated rings. The molecule has 1 aromatic rings. The highest BCUT2D eigenvalue weighted by atomic mass is 16.1. The van der Waals surface area contributed by atoms with Crippen LogP contribution in [-0.2, 0) is 4.79 Å². The molecule has 0 saturated carbocycles. The van der Waals surface area contributed by atoms with Crippen LogP contribution in [0.3, 0.4) is 0 Å². The van der Waals surface area contributed by atoms with Crippen molar-refractivity contribution >= 4 is 17.3 Å².